The molecule has 2 unspecified atom stereocenters. The Bertz CT molecular complexity index is 1070. The minimum atomic E-state index is -2.32. The van der Waals surface area contributed by atoms with Crippen LogP contribution in [0.2, 0.25) is 0 Å². The van der Waals surface area contributed by atoms with E-state index in [1.807, 2.05) is 45.2 Å². The third-order valence-corrected chi connectivity index (χ3v) is 7.69. The van der Waals surface area contributed by atoms with Gasteiger partial charge in [0.2, 0.25) is 0 Å². The van der Waals surface area contributed by atoms with Crippen molar-refractivity contribution in [2.24, 2.45) is 5.92 Å². The van der Waals surface area contributed by atoms with Crippen LogP contribution in [0.15, 0.2) is 24.3 Å². The molecule has 14 heteroatoms. The maximum atomic E-state index is 11.9. The normalized spacial score (nSPS) is 13.6. The molecule has 3 atom stereocenters. The average molecular weight is 923 g/mol. The number of rotatable bonds is 10. The predicted molar refractivity (Wildman–Crippen MR) is 153 cm³/mol. The molecule has 184 valence electrons. The van der Waals surface area contributed by atoms with Crippen molar-refractivity contribution in [1.82, 2.24) is 5.32 Å². The van der Waals surface area contributed by atoms with Gasteiger partial charge in [-0.3, -0.25) is 9.59 Å². The van der Waals surface area contributed by atoms with Crippen molar-refractivity contribution in [3.05, 3.63) is 44.1 Å². The molecule has 0 saturated carbocycles. The van der Waals surface area contributed by atoms with E-state index in [1.54, 1.807) is 24.3 Å². The molecule has 2 aromatic rings. The van der Waals surface area contributed by atoms with Gasteiger partial charge >= 0.3 is 11.9 Å². The number of halogens is 4. The Kier molecular flexibility index (Phi) is 11.3. The van der Waals surface area contributed by atoms with Gasteiger partial charge in [-0.15, -0.1) is 0 Å². The van der Waals surface area contributed by atoms with E-state index in [4.69, 9.17) is 9.84 Å². The van der Waals surface area contributed by atoms with E-state index in [0.717, 1.165) is 0 Å². The summed E-state index contributed by atoms with van der Waals surface area (Å²) >= 11 is 8.13. The second kappa shape index (κ2) is 13.0. The molecule has 1 amide bonds. The van der Waals surface area contributed by atoms with Gasteiger partial charge < -0.3 is 35.6 Å². The van der Waals surface area contributed by atoms with Crippen LogP contribution in [-0.4, -0.2) is 62.1 Å². The summed E-state index contributed by atoms with van der Waals surface area (Å²) in [5.74, 6) is -3.97. The fourth-order valence-electron chi connectivity index (χ4n) is 2.68. The van der Waals surface area contributed by atoms with Crippen molar-refractivity contribution in [2.45, 2.75) is 18.6 Å². The third kappa shape index (κ3) is 7.90. The molecule has 0 heterocycles. The van der Waals surface area contributed by atoms with E-state index >= 15 is 0 Å². The van der Waals surface area contributed by atoms with Crippen LogP contribution in [0.4, 0.5) is 0 Å². The number of aliphatic hydroxyl groups excluding tert-OH is 2. The number of carboxylic acid groups (broad SMARTS) is 2. The molecule has 10 nitrogen and oxygen atoms in total. The minimum Gasteiger partial charge on any atom is -0.506 e. The van der Waals surface area contributed by atoms with Gasteiger partial charge in [0, 0.05) is 6.54 Å². The first-order valence-corrected chi connectivity index (χ1v) is 13.6. The number of carbonyl (C=O) groups is 3. The number of nitrogens with one attached hydrogen (secondary N) is 1. The van der Waals surface area contributed by atoms with Crippen LogP contribution in [0.3, 0.4) is 0 Å². The zero-order chi connectivity index (χ0) is 25.7. The summed E-state index contributed by atoms with van der Waals surface area (Å²) in [6.45, 7) is -0.382. The van der Waals surface area contributed by atoms with Crippen molar-refractivity contribution in [3.8, 4) is 17.2 Å². The topological polar surface area (TPSA) is 174 Å². The Morgan fingerprint density at radius 2 is 1.38 bits per heavy atom. The second-order valence-corrected chi connectivity index (χ2v) is 11.6. The SMILES string of the molecule is O=C(O)C(O)C(O)C(=O)NC[C@@H](Cc1cc(I)c(Oc2cc(I)c(O)c(I)c2)c(I)c1)C(=O)O. The Morgan fingerprint density at radius 1 is 0.853 bits per heavy atom. The lowest BCUT2D eigenvalue weighted by atomic mass is 9.99. The Hall–Kier alpha value is -0.710. The monoisotopic (exact) mass is 923 g/mol. The molecule has 2 aromatic carbocycles. The van der Waals surface area contributed by atoms with Gasteiger partial charge in [0.1, 0.15) is 11.5 Å². The highest BCUT2D eigenvalue weighted by molar-refractivity contribution is 14.1. The standard InChI is InChI=1S/C20H17I4NO9/c21-10-4-9(5-11(22)14(10)26)34-17-12(23)2-7(3-13(17)24)1-8(19(30)31)6-25-18(29)15(27)16(28)20(32)33/h2-5,8,15-16,26-28H,1,6H2,(H,25,29)(H,30,31)(H,32,33)/t8-,15?,16?/m1/s1. The Balaban J connectivity index is 2.15. The number of phenols is 1. The molecule has 0 fully saturated rings. The number of aromatic hydroxyl groups is 1. The lowest BCUT2D eigenvalue weighted by Gasteiger charge is -2.18. The summed E-state index contributed by atoms with van der Waals surface area (Å²) < 4.78 is 8.70. The smallest absolute Gasteiger partial charge is 0.335 e. The molecule has 0 aliphatic heterocycles. The van der Waals surface area contributed by atoms with Crippen molar-refractivity contribution in [2.75, 3.05) is 6.54 Å². The Morgan fingerprint density at radius 3 is 1.85 bits per heavy atom. The molecule has 2 rings (SSSR count). The number of ether oxygens (including phenoxy) is 1. The summed E-state index contributed by atoms with van der Waals surface area (Å²) in [5.41, 5.74) is 0.656. The quantitative estimate of drug-likeness (QED) is 0.196. The second-order valence-electron chi connectivity index (χ2n) is 6.94. The summed E-state index contributed by atoms with van der Waals surface area (Å²) in [5, 5.41) is 49.1. The molecule has 0 saturated heterocycles. The largest absolute Gasteiger partial charge is 0.506 e. The number of aliphatic hydroxyl groups is 2. The van der Waals surface area contributed by atoms with Gasteiger partial charge in [0.15, 0.2) is 18.0 Å². The van der Waals surface area contributed by atoms with Crippen LogP contribution in [0.25, 0.3) is 0 Å². The first kappa shape index (κ1) is 29.5. The average Bonchev–Trinajstić information content (AvgIpc) is 2.75. The van der Waals surface area contributed by atoms with Crippen molar-refractivity contribution < 1.29 is 44.7 Å². The first-order chi connectivity index (χ1) is 15.8. The number of carboxylic acids is 2. The number of phenolic OH excluding ortho intramolecular Hbond substituents is 1. The summed E-state index contributed by atoms with van der Waals surface area (Å²) in [6.07, 6.45) is -4.51. The van der Waals surface area contributed by atoms with Gasteiger partial charge in [-0.25, -0.2) is 4.79 Å². The van der Waals surface area contributed by atoms with Gasteiger partial charge in [0.05, 0.1) is 20.2 Å². The molecule has 0 radical (unpaired) electrons. The number of hydrogen-bond acceptors (Lipinski definition) is 7. The van der Waals surface area contributed by atoms with E-state index in [-0.39, 0.29) is 18.7 Å². The zero-order valence-corrected chi connectivity index (χ0v) is 25.5. The van der Waals surface area contributed by atoms with E-state index in [0.29, 0.717) is 31.3 Å². The highest BCUT2D eigenvalue weighted by Gasteiger charge is 2.31. The third-order valence-electron chi connectivity index (χ3n) is 4.44. The van der Waals surface area contributed by atoms with Crippen molar-refractivity contribution in [3.63, 3.8) is 0 Å². The molecule has 0 aliphatic rings. The fraction of sp³-hybridized carbons (Fsp3) is 0.250. The van der Waals surface area contributed by atoms with Crippen LogP contribution in [0.5, 0.6) is 17.2 Å². The molecule has 0 spiro atoms. The highest BCUT2D eigenvalue weighted by atomic mass is 127. The van der Waals surface area contributed by atoms with Gasteiger partial charge in [-0.2, -0.15) is 0 Å². The lowest BCUT2D eigenvalue weighted by molar-refractivity contribution is -0.158. The molecule has 0 bridgehead atoms. The summed E-state index contributed by atoms with van der Waals surface area (Å²) in [4.78, 5) is 34.2. The number of aliphatic carboxylic acids is 2. The predicted octanol–water partition coefficient (Wildman–Crippen LogP) is 2.77. The molecule has 6 N–H and O–H groups in total. The fourth-order valence-corrected chi connectivity index (χ4v) is 6.51. The maximum Gasteiger partial charge on any atom is 0.335 e. The van der Waals surface area contributed by atoms with Crippen LogP contribution in [0.1, 0.15) is 5.56 Å². The van der Waals surface area contributed by atoms with Crippen LogP contribution < -0.4 is 10.1 Å². The number of carbonyl (C=O) groups excluding carboxylic acids is 1. The molecular weight excluding hydrogens is 906 g/mol. The van der Waals surface area contributed by atoms with Gasteiger partial charge in [-0.1, -0.05) is 0 Å². The number of hydrogen-bond donors (Lipinski definition) is 6. The van der Waals surface area contributed by atoms with E-state index < -0.39 is 36.0 Å². The highest BCUT2D eigenvalue weighted by Crippen LogP contribution is 2.37. The first-order valence-electron chi connectivity index (χ1n) is 9.25. The van der Waals surface area contributed by atoms with E-state index in [1.165, 1.54) is 0 Å². The molecule has 34 heavy (non-hydrogen) atoms. The number of benzene rings is 2. The zero-order valence-electron chi connectivity index (χ0n) is 16.8. The van der Waals surface area contributed by atoms with Crippen LogP contribution in [0, 0.1) is 20.2 Å². The summed E-state index contributed by atoms with van der Waals surface area (Å²) in [6, 6.07) is 6.87. The molecular formula is C20H17I4NO9. The van der Waals surface area contributed by atoms with Crippen molar-refractivity contribution >= 4 is 108 Å². The molecule has 0 aliphatic carbocycles. The molecule has 0 aromatic heterocycles. The lowest BCUT2D eigenvalue weighted by Crippen LogP contribution is -2.47. The van der Waals surface area contributed by atoms with Crippen LogP contribution in [-0.2, 0) is 20.8 Å². The van der Waals surface area contributed by atoms with E-state index in [2.05, 4.69) is 50.5 Å². The Labute approximate surface area is 248 Å². The maximum absolute atomic E-state index is 11.9. The van der Waals surface area contributed by atoms with E-state index in [9.17, 15) is 34.8 Å². The van der Waals surface area contributed by atoms with Gasteiger partial charge in [-0.05, 0) is 127 Å². The van der Waals surface area contributed by atoms with Gasteiger partial charge in [0.25, 0.3) is 5.91 Å². The summed E-state index contributed by atoms with van der Waals surface area (Å²) in [7, 11) is 0. The van der Waals surface area contributed by atoms with Crippen molar-refractivity contribution in [1.29, 1.82) is 0 Å². The van der Waals surface area contributed by atoms with Crippen LogP contribution >= 0.6 is 90.4 Å². The number of amides is 1. The minimum absolute atomic E-state index is 0.0362.